The van der Waals surface area contributed by atoms with Crippen LogP contribution in [0.3, 0.4) is 0 Å². The number of alkyl halides is 3. The number of aromatic nitrogens is 3. The van der Waals surface area contributed by atoms with Gasteiger partial charge in [0.15, 0.2) is 11.5 Å². The van der Waals surface area contributed by atoms with E-state index in [1.165, 1.54) is 11.0 Å². The summed E-state index contributed by atoms with van der Waals surface area (Å²) in [4.78, 5) is 26.1. The Kier molecular flexibility index (Phi) is 5.10. The highest BCUT2D eigenvalue weighted by Crippen LogP contribution is 2.37. The smallest absolute Gasteiger partial charge is 0.434 e. The Morgan fingerprint density at radius 1 is 1.26 bits per heavy atom. The predicted molar refractivity (Wildman–Crippen MR) is 96.0 cm³/mol. The zero-order valence-corrected chi connectivity index (χ0v) is 16.5. The molecule has 0 saturated carbocycles. The minimum Gasteiger partial charge on any atom is -0.465 e. The quantitative estimate of drug-likeness (QED) is 0.636. The van der Waals surface area contributed by atoms with Crippen molar-refractivity contribution < 1.29 is 23.1 Å². The highest BCUT2D eigenvalue weighted by molar-refractivity contribution is 9.10. The largest absolute Gasteiger partial charge is 0.465 e. The first-order valence-corrected chi connectivity index (χ1v) is 9.03. The molecule has 12 heteroatoms. The first kappa shape index (κ1) is 19.9. The summed E-state index contributed by atoms with van der Waals surface area (Å²) in [5.41, 5.74) is -0.977. The van der Waals surface area contributed by atoms with Crippen molar-refractivity contribution in [2.24, 2.45) is 0 Å². The Morgan fingerprint density at radius 3 is 2.52 bits per heavy atom. The van der Waals surface area contributed by atoms with Crippen molar-refractivity contribution in [3.63, 3.8) is 0 Å². The highest BCUT2D eigenvalue weighted by atomic mass is 79.9. The molecule has 2 aromatic heterocycles. The van der Waals surface area contributed by atoms with E-state index in [4.69, 9.17) is 11.6 Å². The second-order valence-corrected chi connectivity index (χ2v) is 7.48. The van der Waals surface area contributed by atoms with Crippen LogP contribution >= 0.6 is 27.5 Å². The molecule has 1 fully saturated rings. The molecule has 0 aromatic carbocycles. The summed E-state index contributed by atoms with van der Waals surface area (Å²) in [6.07, 6.45) is -5.72. The van der Waals surface area contributed by atoms with E-state index in [0.29, 0.717) is 0 Å². The third-order valence-corrected chi connectivity index (χ3v) is 5.12. The SMILES string of the molecule is C[C@@H]1CN(c2nc(Cl)nc3cc(Br)c(C(F)(F)F)nc23)[C@@H](C)CN1C(=O)O. The summed E-state index contributed by atoms with van der Waals surface area (Å²) in [6, 6.07) is 0.468. The normalized spacial score (nSPS) is 21.0. The number of amides is 1. The van der Waals surface area contributed by atoms with Gasteiger partial charge in [-0.05, 0) is 47.4 Å². The zero-order valence-electron chi connectivity index (χ0n) is 14.1. The third-order valence-electron chi connectivity index (χ3n) is 4.35. The summed E-state index contributed by atoms with van der Waals surface area (Å²) in [7, 11) is 0. The summed E-state index contributed by atoms with van der Waals surface area (Å²) >= 11 is 8.84. The standard InChI is InChI=1S/C15H14BrClF3N5O2/c1-6-5-25(14(26)27)7(2)4-24(6)12-10-9(21-13(17)23-12)3-8(16)11(22-10)15(18,19)20/h3,6-7H,4-5H2,1-2H3,(H,26,27)/t6-,7+/m0/s1. The summed E-state index contributed by atoms with van der Waals surface area (Å²) in [6.45, 7) is 3.87. The van der Waals surface area contributed by atoms with Crippen molar-refractivity contribution in [2.75, 3.05) is 18.0 Å². The van der Waals surface area contributed by atoms with Crippen LogP contribution in [0, 0.1) is 0 Å². The monoisotopic (exact) mass is 467 g/mol. The Hall–Kier alpha value is -1.88. The number of anilines is 1. The Morgan fingerprint density at radius 2 is 1.93 bits per heavy atom. The van der Waals surface area contributed by atoms with Gasteiger partial charge in [0.2, 0.25) is 5.28 Å². The molecule has 3 heterocycles. The topological polar surface area (TPSA) is 82.5 Å². The fourth-order valence-corrected chi connectivity index (χ4v) is 3.78. The number of pyridine rings is 1. The zero-order chi connectivity index (χ0) is 20.1. The van der Waals surface area contributed by atoms with Gasteiger partial charge in [-0.1, -0.05) is 0 Å². The molecule has 1 N–H and O–H groups in total. The predicted octanol–water partition coefficient (Wildman–Crippen LogP) is 4.04. The van der Waals surface area contributed by atoms with Crippen LogP contribution in [0.5, 0.6) is 0 Å². The third kappa shape index (κ3) is 3.75. The second kappa shape index (κ2) is 6.93. The molecule has 2 atom stereocenters. The molecule has 1 aliphatic heterocycles. The van der Waals surface area contributed by atoms with E-state index < -0.39 is 18.0 Å². The fourth-order valence-electron chi connectivity index (χ4n) is 3.08. The van der Waals surface area contributed by atoms with Crippen molar-refractivity contribution in [1.82, 2.24) is 19.9 Å². The van der Waals surface area contributed by atoms with Crippen molar-refractivity contribution >= 4 is 50.5 Å². The van der Waals surface area contributed by atoms with E-state index in [1.807, 2.05) is 0 Å². The maximum absolute atomic E-state index is 13.3. The number of hydrogen-bond acceptors (Lipinski definition) is 5. The van der Waals surface area contributed by atoms with Crippen LogP contribution in [0.1, 0.15) is 19.5 Å². The molecule has 0 unspecified atom stereocenters. The minimum absolute atomic E-state index is 0.0437. The molecule has 1 amide bonds. The number of fused-ring (bicyclic) bond motifs is 1. The first-order valence-electron chi connectivity index (χ1n) is 7.86. The van der Waals surface area contributed by atoms with Crippen LogP contribution in [-0.4, -0.2) is 56.2 Å². The minimum atomic E-state index is -4.66. The molecule has 146 valence electrons. The van der Waals surface area contributed by atoms with E-state index in [-0.39, 0.29) is 51.8 Å². The first-order chi connectivity index (χ1) is 12.5. The number of piperazine rings is 1. The maximum atomic E-state index is 13.3. The lowest BCUT2D eigenvalue weighted by Gasteiger charge is -2.43. The average Bonchev–Trinajstić information content (AvgIpc) is 2.53. The second-order valence-electron chi connectivity index (χ2n) is 6.29. The van der Waals surface area contributed by atoms with Crippen molar-refractivity contribution in [2.45, 2.75) is 32.1 Å². The number of hydrogen-bond donors (Lipinski definition) is 1. The highest BCUT2D eigenvalue weighted by Gasteiger charge is 2.37. The van der Waals surface area contributed by atoms with E-state index >= 15 is 0 Å². The van der Waals surface area contributed by atoms with Gasteiger partial charge in [0.25, 0.3) is 0 Å². The van der Waals surface area contributed by atoms with Gasteiger partial charge in [-0.3, -0.25) is 0 Å². The Labute approximate surface area is 165 Å². The summed E-state index contributed by atoms with van der Waals surface area (Å²) in [5.74, 6) is 0.146. The Balaban J connectivity index is 2.15. The van der Waals surface area contributed by atoms with Crippen LogP contribution in [0.25, 0.3) is 11.0 Å². The van der Waals surface area contributed by atoms with Gasteiger partial charge in [0.05, 0.1) is 9.99 Å². The molecule has 3 rings (SSSR count). The van der Waals surface area contributed by atoms with Gasteiger partial charge < -0.3 is 14.9 Å². The number of carboxylic acid groups (broad SMARTS) is 1. The molecule has 0 radical (unpaired) electrons. The van der Waals surface area contributed by atoms with Crippen LogP contribution in [0.15, 0.2) is 10.5 Å². The molecule has 27 heavy (non-hydrogen) atoms. The lowest BCUT2D eigenvalue weighted by Crippen LogP contribution is -2.58. The van der Waals surface area contributed by atoms with Gasteiger partial charge in [0.1, 0.15) is 5.52 Å². The molecule has 0 bridgehead atoms. The van der Waals surface area contributed by atoms with Crippen molar-refractivity contribution in [3.05, 3.63) is 21.5 Å². The molecular weight excluding hydrogens is 455 g/mol. The molecule has 1 aliphatic rings. The lowest BCUT2D eigenvalue weighted by atomic mass is 10.1. The van der Waals surface area contributed by atoms with E-state index in [2.05, 4.69) is 30.9 Å². The molecule has 0 aliphatic carbocycles. The molecular formula is C15H14BrClF3N5O2. The number of halogens is 5. The van der Waals surface area contributed by atoms with Crippen molar-refractivity contribution in [1.29, 1.82) is 0 Å². The van der Waals surface area contributed by atoms with Crippen LogP contribution in [0.4, 0.5) is 23.8 Å². The lowest BCUT2D eigenvalue weighted by molar-refractivity contribution is -0.141. The maximum Gasteiger partial charge on any atom is 0.434 e. The van der Waals surface area contributed by atoms with Crippen LogP contribution in [-0.2, 0) is 6.18 Å². The van der Waals surface area contributed by atoms with Gasteiger partial charge in [-0.2, -0.15) is 18.2 Å². The number of rotatable bonds is 1. The van der Waals surface area contributed by atoms with E-state index in [0.717, 1.165) is 0 Å². The molecule has 2 aromatic rings. The van der Waals surface area contributed by atoms with Crippen LogP contribution in [0.2, 0.25) is 5.28 Å². The van der Waals surface area contributed by atoms with Crippen LogP contribution < -0.4 is 4.90 Å². The van der Waals surface area contributed by atoms with Gasteiger partial charge in [-0.15, -0.1) is 0 Å². The number of nitrogens with zero attached hydrogens (tertiary/aromatic N) is 5. The van der Waals surface area contributed by atoms with Gasteiger partial charge in [-0.25, -0.2) is 14.8 Å². The Bertz CT molecular complexity index is 913. The fraction of sp³-hybridized carbons (Fsp3) is 0.467. The van der Waals surface area contributed by atoms with Gasteiger partial charge in [0, 0.05) is 25.2 Å². The average molecular weight is 469 g/mol. The van der Waals surface area contributed by atoms with E-state index in [9.17, 15) is 23.1 Å². The molecule has 0 spiro atoms. The van der Waals surface area contributed by atoms with Gasteiger partial charge >= 0.3 is 12.3 Å². The van der Waals surface area contributed by atoms with E-state index in [1.54, 1.807) is 18.7 Å². The van der Waals surface area contributed by atoms with Crippen molar-refractivity contribution in [3.8, 4) is 0 Å². The number of carbonyl (C=O) groups is 1. The summed E-state index contributed by atoms with van der Waals surface area (Å²) < 4.78 is 39.5. The molecule has 7 nitrogen and oxygen atoms in total. The molecule has 1 saturated heterocycles. The summed E-state index contributed by atoms with van der Waals surface area (Å²) in [5, 5.41) is 9.14.